The summed E-state index contributed by atoms with van der Waals surface area (Å²) in [6.07, 6.45) is 1.53. The van der Waals surface area contributed by atoms with Gasteiger partial charge in [-0.3, -0.25) is 4.79 Å². The van der Waals surface area contributed by atoms with Crippen LogP contribution in [0.2, 0.25) is 0 Å². The molecule has 9 heteroatoms. The molecule has 0 bridgehead atoms. The minimum atomic E-state index is -0.0539. The first kappa shape index (κ1) is 22.8. The number of anilines is 3. The summed E-state index contributed by atoms with van der Waals surface area (Å²) in [5, 5.41) is 8.20. The molecule has 0 aliphatic carbocycles. The Hall–Kier alpha value is -4.66. The van der Waals surface area contributed by atoms with Gasteiger partial charge in [0.2, 0.25) is 0 Å². The van der Waals surface area contributed by atoms with Crippen molar-refractivity contribution in [2.45, 2.75) is 13.8 Å². The van der Waals surface area contributed by atoms with Crippen LogP contribution in [0.5, 0.6) is 0 Å². The molecule has 2 aromatic carbocycles. The van der Waals surface area contributed by atoms with Crippen molar-refractivity contribution in [3.8, 4) is 11.4 Å². The molecule has 3 aromatic heterocycles. The highest BCUT2D eigenvalue weighted by atomic mass is 16.3. The molecule has 0 atom stereocenters. The number of benzene rings is 2. The van der Waals surface area contributed by atoms with E-state index >= 15 is 0 Å². The molecule has 37 heavy (non-hydrogen) atoms. The fourth-order valence-electron chi connectivity index (χ4n) is 4.61. The summed E-state index contributed by atoms with van der Waals surface area (Å²) in [6.45, 7) is 6.85. The van der Waals surface area contributed by atoms with Crippen molar-refractivity contribution < 1.29 is 9.21 Å². The standard InChI is InChI=1S/C28H27N7O2/c1-19-5-3-6-21(17-19)26-31-28-29-20(2)18-25(35(28)32-26)30-22-8-10-23(11-9-22)33-12-14-34(15-13-33)27(36)24-7-4-16-37-24/h3-11,16-18,30H,12-15H2,1-2H3. The highest BCUT2D eigenvalue weighted by molar-refractivity contribution is 5.91. The number of hydrogen-bond donors (Lipinski definition) is 1. The molecular formula is C28H27N7O2. The van der Waals surface area contributed by atoms with Gasteiger partial charge in [0.05, 0.1) is 6.26 Å². The molecule has 1 saturated heterocycles. The molecule has 1 aliphatic rings. The van der Waals surface area contributed by atoms with E-state index in [-0.39, 0.29) is 5.91 Å². The summed E-state index contributed by atoms with van der Waals surface area (Å²) in [7, 11) is 0. The molecule has 1 aliphatic heterocycles. The number of rotatable bonds is 5. The van der Waals surface area contributed by atoms with Crippen LogP contribution < -0.4 is 10.2 Å². The van der Waals surface area contributed by atoms with E-state index in [0.717, 1.165) is 47.1 Å². The predicted molar refractivity (Wildman–Crippen MR) is 142 cm³/mol. The molecule has 1 amide bonds. The Morgan fingerprint density at radius 1 is 0.919 bits per heavy atom. The summed E-state index contributed by atoms with van der Waals surface area (Å²) < 4.78 is 7.00. The second kappa shape index (κ2) is 9.42. The number of amides is 1. The van der Waals surface area contributed by atoms with Crippen LogP contribution in [-0.4, -0.2) is 56.6 Å². The molecule has 186 valence electrons. The van der Waals surface area contributed by atoms with Crippen LogP contribution in [0, 0.1) is 13.8 Å². The quantitative estimate of drug-likeness (QED) is 0.379. The Balaban J connectivity index is 1.17. The summed E-state index contributed by atoms with van der Waals surface area (Å²) in [4.78, 5) is 25.9. The van der Waals surface area contributed by atoms with Gasteiger partial charge in [0, 0.05) is 54.9 Å². The van der Waals surface area contributed by atoms with E-state index in [1.54, 1.807) is 16.6 Å². The van der Waals surface area contributed by atoms with Gasteiger partial charge in [-0.15, -0.1) is 5.10 Å². The van der Waals surface area contributed by atoms with Crippen molar-refractivity contribution in [1.82, 2.24) is 24.5 Å². The SMILES string of the molecule is Cc1cccc(-c2nc3nc(C)cc(Nc4ccc(N5CCN(C(=O)c6ccco6)CC5)cc4)n3n2)c1. The molecule has 1 N–H and O–H groups in total. The van der Waals surface area contributed by atoms with E-state index in [1.807, 2.05) is 30.0 Å². The largest absolute Gasteiger partial charge is 0.459 e. The maximum absolute atomic E-state index is 12.5. The van der Waals surface area contributed by atoms with Crippen molar-refractivity contribution in [2.75, 3.05) is 36.4 Å². The fraction of sp³-hybridized carbons (Fsp3) is 0.214. The number of nitrogens with one attached hydrogen (secondary N) is 1. The van der Waals surface area contributed by atoms with Crippen LogP contribution in [0.1, 0.15) is 21.8 Å². The van der Waals surface area contributed by atoms with Gasteiger partial charge in [-0.25, -0.2) is 4.98 Å². The zero-order chi connectivity index (χ0) is 25.4. The number of nitrogens with zero attached hydrogens (tertiary/aromatic N) is 6. The number of carbonyl (C=O) groups excluding carboxylic acids is 1. The Morgan fingerprint density at radius 2 is 1.73 bits per heavy atom. The fourth-order valence-corrected chi connectivity index (χ4v) is 4.61. The van der Waals surface area contributed by atoms with E-state index in [9.17, 15) is 4.79 Å². The van der Waals surface area contributed by atoms with Crippen LogP contribution in [0.4, 0.5) is 17.2 Å². The summed E-state index contributed by atoms with van der Waals surface area (Å²) in [6, 6.07) is 21.8. The second-order valence-electron chi connectivity index (χ2n) is 9.23. The Morgan fingerprint density at radius 3 is 2.46 bits per heavy atom. The van der Waals surface area contributed by atoms with Gasteiger partial charge >= 0.3 is 0 Å². The van der Waals surface area contributed by atoms with E-state index in [2.05, 4.69) is 63.5 Å². The maximum atomic E-state index is 12.5. The maximum Gasteiger partial charge on any atom is 0.289 e. The van der Waals surface area contributed by atoms with Crippen molar-refractivity contribution in [2.24, 2.45) is 0 Å². The molecule has 9 nitrogen and oxygen atoms in total. The number of aryl methyl sites for hydroxylation is 2. The summed E-state index contributed by atoms with van der Waals surface area (Å²) in [5.74, 6) is 2.33. The number of carbonyl (C=O) groups is 1. The van der Waals surface area contributed by atoms with Crippen LogP contribution in [-0.2, 0) is 0 Å². The van der Waals surface area contributed by atoms with Gasteiger partial charge in [-0.2, -0.15) is 9.50 Å². The monoisotopic (exact) mass is 493 g/mol. The molecule has 0 unspecified atom stereocenters. The van der Waals surface area contributed by atoms with E-state index in [1.165, 1.54) is 6.26 Å². The van der Waals surface area contributed by atoms with Crippen molar-refractivity contribution in [3.63, 3.8) is 0 Å². The third-order valence-corrected chi connectivity index (χ3v) is 6.52. The zero-order valence-electron chi connectivity index (χ0n) is 20.8. The van der Waals surface area contributed by atoms with Crippen molar-refractivity contribution in [1.29, 1.82) is 0 Å². The normalized spacial score (nSPS) is 13.8. The highest BCUT2D eigenvalue weighted by Gasteiger charge is 2.23. The number of piperazine rings is 1. The lowest BCUT2D eigenvalue weighted by molar-refractivity contribution is 0.0714. The van der Waals surface area contributed by atoms with Gasteiger partial charge < -0.3 is 19.5 Å². The van der Waals surface area contributed by atoms with E-state index < -0.39 is 0 Å². The van der Waals surface area contributed by atoms with E-state index in [4.69, 9.17) is 9.52 Å². The number of fused-ring (bicyclic) bond motifs is 1. The average molecular weight is 494 g/mol. The smallest absolute Gasteiger partial charge is 0.289 e. The van der Waals surface area contributed by atoms with Crippen molar-refractivity contribution >= 4 is 28.9 Å². The number of furan rings is 1. The third kappa shape index (κ3) is 4.63. The third-order valence-electron chi connectivity index (χ3n) is 6.52. The van der Waals surface area contributed by atoms with Gasteiger partial charge in [0.15, 0.2) is 11.6 Å². The summed E-state index contributed by atoms with van der Waals surface area (Å²) in [5.41, 5.74) is 5.04. The highest BCUT2D eigenvalue weighted by Crippen LogP contribution is 2.25. The molecule has 6 rings (SSSR count). The molecule has 0 spiro atoms. The lowest BCUT2D eigenvalue weighted by Crippen LogP contribution is -2.48. The van der Waals surface area contributed by atoms with E-state index in [0.29, 0.717) is 30.5 Å². The Bertz CT molecular complexity index is 1550. The summed E-state index contributed by atoms with van der Waals surface area (Å²) >= 11 is 0. The van der Waals surface area contributed by atoms with Gasteiger partial charge in [0.1, 0.15) is 5.82 Å². The first-order valence-corrected chi connectivity index (χ1v) is 12.3. The molecule has 5 aromatic rings. The van der Waals surface area contributed by atoms with Gasteiger partial charge in [0.25, 0.3) is 11.7 Å². The minimum Gasteiger partial charge on any atom is -0.459 e. The Kier molecular flexibility index (Phi) is 5.80. The van der Waals surface area contributed by atoms with Crippen molar-refractivity contribution in [3.05, 3.63) is 90.0 Å². The van der Waals surface area contributed by atoms with Crippen LogP contribution in [0.25, 0.3) is 17.2 Å². The van der Waals surface area contributed by atoms with Crippen LogP contribution in [0.3, 0.4) is 0 Å². The first-order chi connectivity index (χ1) is 18.0. The average Bonchev–Trinajstić information content (AvgIpc) is 3.60. The Labute approximate surface area is 214 Å². The lowest BCUT2D eigenvalue weighted by atomic mass is 10.1. The predicted octanol–water partition coefficient (Wildman–Crippen LogP) is 4.71. The van der Waals surface area contributed by atoms with Crippen LogP contribution in [0.15, 0.2) is 77.4 Å². The number of hydrogen-bond acceptors (Lipinski definition) is 7. The zero-order valence-corrected chi connectivity index (χ0v) is 20.8. The van der Waals surface area contributed by atoms with Gasteiger partial charge in [-0.05, 0) is 56.3 Å². The van der Waals surface area contributed by atoms with Crippen LogP contribution >= 0.6 is 0 Å². The second-order valence-corrected chi connectivity index (χ2v) is 9.23. The molecule has 0 radical (unpaired) electrons. The lowest BCUT2D eigenvalue weighted by Gasteiger charge is -2.35. The molecular weight excluding hydrogens is 466 g/mol. The minimum absolute atomic E-state index is 0.0539. The first-order valence-electron chi connectivity index (χ1n) is 12.3. The molecule has 0 saturated carbocycles. The molecule has 1 fully saturated rings. The molecule has 4 heterocycles. The topological polar surface area (TPSA) is 91.8 Å². The van der Waals surface area contributed by atoms with Gasteiger partial charge in [-0.1, -0.05) is 23.8 Å². The number of aromatic nitrogens is 4.